The first-order valence-electron chi connectivity index (χ1n) is 9.70. The number of hydrogen-bond donors (Lipinski definition) is 0. The van der Waals surface area contributed by atoms with Gasteiger partial charge in [0.2, 0.25) is 0 Å². The van der Waals surface area contributed by atoms with Crippen molar-refractivity contribution in [3.8, 4) is 5.75 Å². The van der Waals surface area contributed by atoms with Crippen molar-refractivity contribution in [1.29, 1.82) is 0 Å². The molecule has 1 saturated heterocycles. The van der Waals surface area contributed by atoms with Gasteiger partial charge in [-0.1, -0.05) is 6.07 Å². The molecule has 29 heavy (non-hydrogen) atoms. The number of nitrogens with zero attached hydrogens (tertiary/aromatic N) is 2. The van der Waals surface area contributed by atoms with Gasteiger partial charge in [0.25, 0.3) is 0 Å². The molecule has 0 amide bonds. The molecule has 152 valence electrons. The number of halogens is 1. The molecule has 2 aromatic carbocycles. The van der Waals surface area contributed by atoms with Gasteiger partial charge in [-0.05, 0) is 47.3 Å². The van der Waals surface area contributed by atoms with E-state index in [0.717, 1.165) is 46.4 Å². The normalized spacial score (nSPS) is 17.6. The summed E-state index contributed by atoms with van der Waals surface area (Å²) in [5, 5.41) is 1.76. The van der Waals surface area contributed by atoms with E-state index < -0.39 is 0 Å². The second kappa shape index (κ2) is 8.86. The lowest BCUT2D eigenvalue weighted by atomic mass is 10.1. The van der Waals surface area contributed by atoms with Crippen LogP contribution < -0.4 is 4.74 Å². The van der Waals surface area contributed by atoms with Crippen molar-refractivity contribution >= 4 is 10.8 Å². The third-order valence-corrected chi connectivity index (χ3v) is 5.24. The van der Waals surface area contributed by atoms with Crippen molar-refractivity contribution in [2.45, 2.75) is 19.3 Å². The van der Waals surface area contributed by atoms with Gasteiger partial charge < -0.3 is 14.2 Å². The van der Waals surface area contributed by atoms with Crippen LogP contribution in [0.25, 0.3) is 10.8 Å². The first kappa shape index (κ1) is 19.8. The van der Waals surface area contributed by atoms with Crippen LogP contribution in [0.3, 0.4) is 0 Å². The summed E-state index contributed by atoms with van der Waals surface area (Å²) in [5.41, 5.74) is 3.07. The Hall–Kier alpha value is -2.54. The molecule has 0 N–H and O–H groups in total. The number of fused-ring (bicyclic) bond motifs is 1. The van der Waals surface area contributed by atoms with Crippen molar-refractivity contribution in [1.82, 2.24) is 9.88 Å². The van der Waals surface area contributed by atoms with Crippen LogP contribution in [0.5, 0.6) is 5.75 Å². The summed E-state index contributed by atoms with van der Waals surface area (Å²) in [6, 6.07) is 12.8. The SMILES string of the molecule is COCc1ccc(OC)c(CN2CCOC(c3cc4cc(F)ccc4cn3)C2)c1. The fourth-order valence-electron chi connectivity index (χ4n) is 3.78. The molecule has 1 aliphatic rings. The number of ether oxygens (including phenoxy) is 3. The molecule has 0 aliphatic carbocycles. The molecule has 1 aliphatic heterocycles. The Morgan fingerprint density at radius 3 is 2.86 bits per heavy atom. The monoisotopic (exact) mass is 396 g/mol. The quantitative estimate of drug-likeness (QED) is 0.628. The minimum Gasteiger partial charge on any atom is -0.496 e. The Bertz CT molecular complexity index is 995. The fraction of sp³-hybridized carbons (Fsp3) is 0.348. The zero-order valence-corrected chi connectivity index (χ0v) is 16.7. The molecule has 1 aromatic heterocycles. The van der Waals surface area contributed by atoms with Crippen molar-refractivity contribution in [3.05, 3.63) is 71.3 Å². The predicted octanol–water partition coefficient (Wildman–Crippen LogP) is 4.10. The van der Waals surface area contributed by atoms with Gasteiger partial charge >= 0.3 is 0 Å². The number of rotatable bonds is 6. The average Bonchev–Trinajstić information content (AvgIpc) is 2.74. The molecular formula is C23H25FN2O3. The lowest BCUT2D eigenvalue weighted by Gasteiger charge is -2.33. The molecule has 1 unspecified atom stereocenters. The van der Waals surface area contributed by atoms with Crippen LogP contribution in [0.15, 0.2) is 48.7 Å². The Balaban J connectivity index is 1.52. The molecule has 4 rings (SSSR count). The summed E-state index contributed by atoms with van der Waals surface area (Å²) >= 11 is 0. The summed E-state index contributed by atoms with van der Waals surface area (Å²) in [4.78, 5) is 6.89. The lowest BCUT2D eigenvalue weighted by Crippen LogP contribution is -2.38. The maximum atomic E-state index is 13.6. The van der Waals surface area contributed by atoms with E-state index >= 15 is 0 Å². The Kier molecular flexibility index (Phi) is 6.04. The van der Waals surface area contributed by atoms with Crippen LogP contribution in [0, 0.1) is 5.82 Å². The number of benzene rings is 2. The van der Waals surface area contributed by atoms with E-state index in [1.54, 1.807) is 26.5 Å². The van der Waals surface area contributed by atoms with E-state index in [1.165, 1.54) is 12.1 Å². The van der Waals surface area contributed by atoms with Gasteiger partial charge in [-0.25, -0.2) is 4.39 Å². The fourth-order valence-corrected chi connectivity index (χ4v) is 3.78. The molecule has 0 spiro atoms. The highest BCUT2D eigenvalue weighted by Gasteiger charge is 2.24. The molecule has 1 fully saturated rings. The summed E-state index contributed by atoms with van der Waals surface area (Å²) in [7, 11) is 3.38. The maximum Gasteiger partial charge on any atom is 0.123 e. The number of pyridine rings is 1. The standard InChI is InChI=1S/C23H25FN2O3/c1-27-15-16-3-6-22(28-2)19(9-16)13-26-7-8-29-23(14-26)21-11-18-10-20(24)5-4-17(18)12-25-21/h3-6,9-12,23H,7-8,13-15H2,1-2H3. The summed E-state index contributed by atoms with van der Waals surface area (Å²) in [6.45, 7) is 3.48. The van der Waals surface area contributed by atoms with Crippen LogP contribution in [-0.4, -0.2) is 43.8 Å². The molecule has 2 heterocycles. The van der Waals surface area contributed by atoms with Crippen molar-refractivity contribution in [3.63, 3.8) is 0 Å². The first-order valence-corrected chi connectivity index (χ1v) is 9.70. The number of morpholine rings is 1. The van der Waals surface area contributed by atoms with Gasteiger partial charge in [0.1, 0.15) is 17.7 Å². The second-order valence-electron chi connectivity index (χ2n) is 7.27. The minimum absolute atomic E-state index is 0.149. The van der Waals surface area contributed by atoms with E-state index in [4.69, 9.17) is 14.2 Å². The zero-order valence-electron chi connectivity index (χ0n) is 16.7. The van der Waals surface area contributed by atoms with Gasteiger partial charge in [-0.2, -0.15) is 0 Å². The molecule has 0 bridgehead atoms. The first-order chi connectivity index (χ1) is 14.2. The van der Waals surface area contributed by atoms with E-state index in [0.29, 0.717) is 19.8 Å². The van der Waals surface area contributed by atoms with Crippen molar-refractivity contribution < 1.29 is 18.6 Å². The van der Waals surface area contributed by atoms with Gasteiger partial charge in [0, 0.05) is 43.9 Å². The van der Waals surface area contributed by atoms with Gasteiger partial charge in [0.05, 0.1) is 26.0 Å². The van der Waals surface area contributed by atoms with E-state index in [1.807, 2.05) is 18.2 Å². The number of aromatic nitrogens is 1. The Morgan fingerprint density at radius 2 is 2.03 bits per heavy atom. The highest BCUT2D eigenvalue weighted by atomic mass is 19.1. The smallest absolute Gasteiger partial charge is 0.123 e. The molecule has 0 saturated carbocycles. The molecule has 3 aromatic rings. The summed E-state index contributed by atoms with van der Waals surface area (Å²) in [5.74, 6) is 0.621. The van der Waals surface area contributed by atoms with Crippen LogP contribution in [0.2, 0.25) is 0 Å². The van der Waals surface area contributed by atoms with E-state index in [-0.39, 0.29) is 11.9 Å². The number of hydrogen-bond acceptors (Lipinski definition) is 5. The van der Waals surface area contributed by atoms with Gasteiger partial charge in [-0.15, -0.1) is 0 Å². The molecular weight excluding hydrogens is 371 g/mol. The van der Waals surface area contributed by atoms with Crippen LogP contribution >= 0.6 is 0 Å². The van der Waals surface area contributed by atoms with Gasteiger partial charge in [-0.3, -0.25) is 9.88 Å². The topological polar surface area (TPSA) is 43.8 Å². The van der Waals surface area contributed by atoms with E-state index in [9.17, 15) is 4.39 Å². The molecule has 5 nitrogen and oxygen atoms in total. The largest absolute Gasteiger partial charge is 0.496 e. The lowest BCUT2D eigenvalue weighted by molar-refractivity contribution is -0.0350. The third-order valence-electron chi connectivity index (χ3n) is 5.24. The highest BCUT2D eigenvalue weighted by Crippen LogP contribution is 2.27. The highest BCUT2D eigenvalue weighted by molar-refractivity contribution is 5.82. The molecule has 1 atom stereocenters. The van der Waals surface area contributed by atoms with E-state index in [2.05, 4.69) is 16.0 Å². The molecule has 0 radical (unpaired) electrons. The average molecular weight is 396 g/mol. The van der Waals surface area contributed by atoms with Crippen molar-refractivity contribution in [2.24, 2.45) is 0 Å². The summed E-state index contributed by atoms with van der Waals surface area (Å²) < 4.78 is 30.4. The number of methoxy groups -OCH3 is 2. The van der Waals surface area contributed by atoms with Gasteiger partial charge in [0.15, 0.2) is 0 Å². The van der Waals surface area contributed by atoms with Crippen LogP contribution in [0.4, 0.5) is 4.39 Å². The Labute approximate surface area is 170 Å². The second-order valence-corrected chi connectivity index (χ2v) is 7.27. The van der Waals surface area contributed by atoms with Crippen molar-refractivity contribution in [2.75, 3.05) is 33.9 Å². The minimum atomic E-state index is -0.246. The third kappa shape index (κ3) is 4.56. The van der Waals surface area contributed by atoms with Crippen LogP contribution in [0.1, 0.15) is 22.9 Å². The Morgan fingerprint density at radius 1 is 1.14 bits per heavy atom. The zero-order chi connectivity index (χ0) is 20.2. The maximum absolute atomic E-state index is 13.6. The summed E-state index contributed by atoms with van der Waals surface area (Å²) in [6.07, 6.45) is 1.63. The molecule has 6 heteroatoms. The van der Waals surface area contributed by atoms with Crippen LogP contribution in [-0.2, 0) is 22.6 Å². The predicted molar refractivity (Wildman–Crippen MR) is 109 cm³/mol.